The molecule has 0 spiro atoms. The fourth-order valence-electron chi connectivity index (χ4n) is 1.80. The highest BCUT2D eigenvalue weighted by atomic mass is 32.2. The van der Waals surface area contributed by atoms with Gasteiger partial charge in [-0.05, 0) is 18.9 Å². The van der Waals surface area contributed by atoms with Gasteiger partial charge in [-0.3, -0.25) is 0 Å². The summed E-state index contributed by atoms with van der Waals surface area (Å²) >= 11 is 0. The predicted molar refractivity (Wildman–Crippen MR) is 62.3 cm³/mol. The van der Waals surface area contributed by atoms with Gasteiger partial charge in [0.25, 0.3) is 0 Å². The van der Waals surface area contributed by atoms with Gasteiger partial charge in [0.2, 0.25) is 5.95 Å². The molecule has 1 aromatic heterocycles. The number of rotatable bonds is 2. The second kappa shape index (κ2) is 4.95. The first kappa shape index (κ1) is 14.0. The molecule has 0 aliphatic carbocycles. The lowest BCUT2D eigenvalue weighted by Crippen LogP contribution is -2.32. The number of sulfone groups is 1. The minimum atomic E-state index is -4.52. The van der Waals surface area contributed by atoms with Crippen molar-refractivity contribution in [1.82, 2.24) is 9.97 Å². The van der Waals surface area contributed by atoms with E-state index >= 15 is 0 Å². The summed E-state index contributed by atoms with van der Waals surface area (Å²) in [4.78, 5) is 7.09. The monoisotopic (exact) mass is 295 g/mol. The summed E-state index contributed by atoms with van der Waals surface area (Å²) in [7, 11) is -3.00. The Balaban J connectivity index is 2.04. The second-order valence-electron chi connectivity index (χ2n) is 4.33. The number of anilines is 1. The number of nitrogens with zero attached hydrogens (tertiary/aromatic N) is 2. The molecule has 0 amide bonds. The molecule has 106 valence electrons. The van der Waals surface area contributed by atoms with Crippen LogP contribution in [0.1, 0.15) is 18.5 Å². The largest absolute Gasteiger partial charge is 0.433 e. The van der Waals surface area contributed by atoms with Crippen molar-refractivity contribution >= 4 is 15.8 Å². The van der Waals surface area contributed by atoms with Gasteiger partial charge in [0.1, 0.15) is 15.5 Å². The summed E-state index contributed by atoms with van der Waals surface area (Å²) in [5.74, 6) is -0.0631. The minimum Gasteiger partial charge on any atom is -0.351 e. The summed E-state index contributed by atoms with van der Waals surface area (Å²) in [6.45, 7) is 0. The first-order valence-corrected chi connectivity index (χ1v) is 7.46. The Bertz CT molecular complexity index is 545. The highest BCUT2D eigenvalue weighted by Crippen LogP contribution is 2.27. The van der Waals surface area contributed by atoms with Crippen molar-refractivity contribution in [2.24, 2.45) is 0 Å². The van der Waals surface area contributed by atoms with E-state index in [1.165, 1.54) is 0 Å². The van der Waals surface area contributed by atoms with E-state index in [-0.39, 0.29) is 23.5 Å². The molecule has 0 radical (unpaired) electrons. The number of nitrogens with one attached hydrogen (secondary N) is 1. The second-order valence-corrected chi connectivity index (χ2v) is 6.64. The quantitative estimate of drug-likeness (QED) is 0.895. The van der Waals surface area contributed by atoms with E-state index in [1.54, 1.807) is 0 Å². The smallest absolute Gasteiger partial charge is 0.351 e. The normalized spacial score (nSPS) is 20.2. The Kier molecular flexibility index (Phi) is 3.66. The number of alkyl halides is 3. The molecule has 2 rings (SSSR count). The van der Waals surface area contributed by atoms with Gasteiger partial charge in [-0.1, -0.05) is 0 Å². The summed E-state index contributed by atoms with van der Waals surface area (Å²) in [6.07, 6.45) is -2.79. The molecule has 5 nitrogen and oxygen atoms in total. The fourth-order valence-corrected chi connectivity index (χ4v) is 3.29. The summed E-state index contributed by atoms with van der Waals surface area (Å²) in [6, 6.07) is 0.572. The Morgan fingerprint density at radius 2 is 1.89 bits per heavy atom. The molecular weight excluding hydrogens is 283 g/mol. The third-order valence-electron chi connectivity index (χ3n) is 2.83. The number of aromatic nitrogens is 2. The number of halogens is 3. The minimum absolute atomic E-state index is 0.0314. The van der Waals surface area contributed by atoms with Crippen molar-refractivity contribution in [1.29, 1.82) is 0 Å². The van der Waals surface area contributed by atoms with E-state index in [9.17, 15) is 21.6 Å². The van der Waals surface area contributed by atoms with Gasteiger partial charge in [-0.25, -0.2) is 18.4 Å². The van der Waals surface area contributed by atoms with Crippen LogP contribution in [0.4, 0.5) is 19.1 Å². The van der Waals surface area contributed by atoms with Crippen molar-refractivity contribution in [3.63, 3.8) is 0 Å². The zero-order valence-corrected chi connectivity index (χ0v) is 10.6. The molecule has 1 fully saturated rings. The maximum atomic E-state index is 12.5. The summed E-state index contributed by atoms with van der Waals surface area (Å²) < 4.78 is 59.8. The number of hydrogen-bond donors (Lipinski definition) is 1. The van der Waals surface area contributed by atoms with Crippen molar-refractivity contribution in [2.75, 3.05) is 16.8 Å². The van der Waals surface area contributed by atoms with Crippen LogP contribution < -0.4 is 5.32 Å². The lowest BCUT2D eigenvalue weighted by molar-refractivity contribution is -0.141. The van der Waals surface area contributed by atoms with Gasteiger partial charge < -0.3 is 5.32 Å². The fraction of sp³-hybridized carbons (Fsp3) is 0.600. The van der Waals surface area contributed by atoms with Crippen molar-refractivity contribution in [3.8, 4) is 0 Å². The van der Waals surface area contributed by atoms with E-state index in [2.05, 4.69) is 15.3 Å². The van der Waals surface area contributed by atoms with Crippen LogP contribution >= 0.6 is 0 Å². The lowest BCUT2D eigenvalue weighted by Gasteiger charge is -2.23. The highest BCUT2D eigenvalue weighted by Gasteiger charge is 2.33. The van der Waals surface area contributed by atoms with Crippen LogP contribution in [0.25, 0.3) is 0 Å². The molecule has 9 heteroatoms. The zero-order chi connectivity index (χ0) is 14.1. The van der Waals surface area contributed by atoms with Crippen LogP contribution in [0, 0.1) is 0 Å². The molecule has 1 N–H and O–H groups in total. The van der Waals surface area contributed by atoms with Crippen molar-refractivity contribution in [3.05, 3.63) is 18.0 Å². The summed E-state index contributed by atoms with van der Waals surface area (Å²) in [5, 5.41) is 2.74. The van der Waals surface area contributed by atoms with Crippen LogP contribution in [0.15, 0.2) is 12.3 Å². The molecule has 1 saturated heterocycles. The molecule has 1 aliphatic rings. The standard InChI is InChI=1S/C10H12F3N3O2S/c11-10(12,13)8-1-4-14-9(16-8)15-7-2-5-19(17,18)6-3-7/h1,4,7H,2-3,5-6H2,(H,14,15,16). The van der Waals surface area contributed by atoms with Gasteiger partial charge in [0.05, 0.1) is 11.5 Å². The Morgan fingerprint density at radius 3 is 2.47 bits per heavy atom. The third kappa shape index (κ3) is 3.79. The van der Waals surface area contributed by atoms with Gasteiger partial charge in [-0.15, -0.1) is 0 Å². The Labute approximate surface area is 108 Å². The maximum Gasteiger partial charge on any atom is 0.433 e. The molecule has 19 heavy (non-hydrogen) atoms. The molecule has 1 aromatic rings. The Hall–Kier alpha value is -1.38. The zero-order valence-electron chi connectivity index (χ0n) is 9.81. The predicted octanol–water partition coefficient (Wildman–Crippen LogP) is 1.48. The molecule has 1 aliphatic heterocycles. The molecule has 0 aromatic carbocycles. The van der Waals surface area contributed by atoms with Crippen LogP contribution in [0.5, 0.6) is 0 Å². The maximum absolute atomic E-state index is 12.5. The highest BCUT2D eigenvalue weighted by molar-refractivity contribution is 7.91. The Morgan fingerprint density at radius 1 is 1.26 bits per heavy atom. The van der Waals surface area contributed by atoms with E-state index < -0.39 is 21.7 Å². The third-order valence-corrected chi connectivity index (χ3v) is 4.55. The molecule has 0 unspecified atom stereocenters. The van der Waals surface area contributed by atoms with E-state index in [0.29, 0.717) is 12.8 Å². The lowest BCUT2D eigenvalue weighted by atomic mass is 10.2. The van der Waals surface area contributed by atoms with Crippen LogP contribution in [-0.2, 0) is 16.0 Å². The molecular formula is C10H12F3N3O2S. The average Bonchev–Trinajstić information content (AvgIpc) is 2.31. The first-order valence-electron chi connectivity index (χ1n) is 5.63. The molecule has 0 atom stereocenters. The van der Waals surface area contributed by atoms with Gasteiger partial charge in [0.15, 0.2) is 0 Å². The van der Waals surface area contributed by atoms with Crippen molar-refractivity contribution < 1.29 is 21.6 Å². The van der Waals surface area contributed by atoms with Gasteiger partial charge >= 0.3 is 6.18 Å². The number of hydrogen-bond acceptors (Lipinski definition) is 5. The van der Waals surface area contributed by atoms with Crippen LogP contribution in [0.3, 0.4) is 0 Å². The van der Waals surface area contributed by atoms with Crippen LogP contribution in [0.2, 0.25) is 0 Å². The van der Waals surface area contributed by atoms with Gasteiger partial charge in [-0.2, -0.15) is 13.2 Å². The van der Waals surface area contributed by atoms with E-state index in [1.807, 2.05) is 0 Å². The SMILES string of the molecule is O=S1(=O)CCC(Nc2nccc(C(F)(F)F)n2)CC1. The van der Waals surface area contributed by atoms with Crippen molar-refractivity contribution in [2.45, 2.75) is 25.1 Å². The topological polar surface area (TPSA) is 72.0 Å². The molecule has 0 bridgehead atoms. The first-order chi connectivity index (χ1) is 8.76. The molecule has 2 heterocycles. The summed E-state index contributed by atoms with van der Waals surface area (Å²) in [5.41, 5.74) is -1.02. The van der Waals surface area contributed by atoms with Gasteiger partial charge in [0, 0.05) is 12.2 Å². The van der Waals surface area contributed by atoms with E-state index in [0.717, 1.165) is 12.3 Å². The average molecular weight is 295 g/mol. The molecule has 0 saturated carbocycles. The van der Waals surface area contributed by atoms with E-state index in [4.69, 9.17) is 0 Å². The van der Waals surface area contributed by atoms with Crippen LogP contribution in [-0.4, -0.2) is 35.9 Å².